The Morgan fingerprint density at radius 3 is 2.83 bits per heavy atom. The van der Waals surface area contributed by atoms with Gasteiger partial charge in [0.25, 0.3) is 5.56 Å². The number of H-pyrrole nitrogens is 1. The monoisotopic (exact) mass is 528 g/mol. The van der Waals surface area contributed by atoms with Crippen molar-refractivity contribution in [3.05, 3.63) is 62.4 Å². The minimum absolute atomic E-state index is 0. The van der Waals surface area contributed by atoms with Gasteiger partial charge in [0.15, 0.2) is 0 Å². The fourth-order valence-corrected chi connectivity index (χ4v) is 6.70. The number of thiophene rings is 1. The molecule has 0 aliphatic carbocycles. The van der Waals surface area contributed by atoms with Crippen molar-refractivity contribution < 1.29 is 9.47 Å². The van der Waals surface area contributed by atoms with Crippen molar-refractivity contribution in [2.75, 3.05) is 33.4 Å². The second-order valence-corrected chi connectivity index (χ2v) is 10.5. The van der Waals surface area contributed by atoms with E-state index in [-0.39, 0.29) is 23.7 Å². The number of rotatable bonds is 6. The molecule has 10 heteroatoms. The molecule has 8 nitrogen and oxygen atoms in total. The third-order valence-electron chi connectivity index (χ3n) is 7.30. The number of aromatic amines is 1. The van der Waals surface area contributed by atoms with Crippen LogP contribution in [-0.2, 0) is 6.54 Å². The average molecular weight is 529 g/mol. The van der Waals surface area contributed by atoms with Crippen LogP contribution in [0.5, 0.6) is 11.5 Å². The van der Waals surface area contributed by atoms with Crippen LogP contribution >= 0.6 is 23.7 Å². The van der Waals surface area contributed by atoms with Crippen LogP contribution in [0, 0.1) is 12.8 Å². The maximum absolute atomic E-state index is 13.1. The third kappa shape index (κ3) is 4.19. The number of nitrogens with zero attached hydrogens (tertiary/aromatic N) is 3. The maximum atomic E-state index is 13.1. The number of halogens is 1. The minimum atomic E-state index is -0.351. The van der Waals surface area contributed by atoms with Crippen LogP contribution in [0.15, 0.2) is 39.9 Å². The minimum Gasteiger partial charge on any atom is -0.496 e. The molecule has 1 fully saturated rings. The highest BCUT2D eigenvalue weighted by Crippen LogP contribution is 2.46. The van der Waals surface area contributed by atoms with E-state index in [1.807, 2.05) is 37.3 Å². The fourth-order valence-electron chi connectivity index (χ4n) is 5.57. The molecular formula is C26H29ClN4O4S. The molecule has 2 aliphatic heterocycles. The summed E-state index contributed by atoms with van der Waals surface area (Å²) >= 11 is 1.35. The molecule has 0 unspecified atom stereocenters. The number of hydrogen-bond donors (Lipinski definition) is 1. The van der Waals surface area contributed by atoms with E-state index in [0.29, 0.717) is 28.6 Å². The molecule has 1 N–H and O–H groups in total. The SMILES string of the molecule is COc1cccc2c1[C@@H]1CN(CCCCn3c(=O)[nH]c4c(sc5nc(C)ccc54)c3=O)C[C@H]1CO2.Cl. The van der Waals surface area contributed by atoms with Gasteiger partial charge in [0, 0.05) is 48.1 Å². The topological polar surface area (TPSA) is 89.5 Å². The molecule has 4 aromatic rings. The molecule has 2 aliphatic rings. The normalized spacial score (nSPS) is 19.1. The standard InChI is InChI=1S/C26H28N4O4S.ClH/c1-15-8-9-17-22-23(35-24(17)27-15)25(31)30(26(32)28-22)11-4-3-10-29-12-16-14-34-20-7-5-6-19(33-2)21(20)18(16)13-29;/h5-9,16,18H,3-4,10-14H2,1-2H3,(H,28,32);1H/t16-,18+;/m0./s1. The lowest BCUT2D eigenvalue weighted by molar-refractivity contribution is 0.209. The number of ether oxygens (including phenoxy) is 2. The molecule has 1 aromatic carbocycles. The van der Waals surface area contributed by atoms with E-state index in [9.17, 15) is 9.59 Å². The van der Waals surface area contributed by atoms with Crippen molar-refractivity contribution in [3.63, 3.8) is 0 Å². The first-order valence-corrected chi connectivity index (χ1v) is 12.9. The van der Waals surface area contributed by atoms with E-state index in [2.05, 4.69) is 14.9 Å². The van der Waals surface area contributed by atoms with Crippen LogP contribution < -0.4 is 20.7 Å². The lowest BCUT2D eigenvalue weighted by atomic mass is 9.86. The number of likely N-dealkylation sites (tertiary alicyclic amines) is 1. The van der Waals surface area contributed by atoms with Gasteiger partial charge in [-0.1, -0.05) is 6.07 Å². The van der Waals surface area contributed by atoms with Gasteiger partial charge in [-0.25, -0.2) is 9.78 Å². The number of aryl methyl sites for hydroxylation is 1. The summed E-state index contributed by atoms with van der Waals surface area (Å²) in [7, 11) is 1.71. The van der Waals surface area contributed by atoms with Gasteiger partial charge in [-0.15, -0.1) is 23.7 Å². The smallest absolute Gasteiger partial charge is 0.328 e. The first kappa shape index (κ1) is 24.8. The summed E-state index contributed by atoms with van der Waals surface area (Å²) in [5.74, 6) is 2.71. The van der Waals surface area contributed by atoms with Crippen molar-refractivity contribution >= 4 is 44.2 Å². The van der Waals surface area contributed by atoms with Crippen molar-refractivity contribution in [2.45, 2.75) is 32.2 Å². The van der Waals surface area contributed by atoms with Gasteiger partial charge >= 0.3 is 5.69 Å². The van der Waals surface area contributed by atoms with Crippen LogP contribution in [0.3, 0.4) is 0 Å². The van der Waals surface area contributed by atoms with E-state index in [1.165, 1.54) is 21.5 Å². The van der Waals surface area contributed by atoms with Crippen molar-refractivity contribution in [1.29, 1.82) is 0 Å². The summed E-state index contributed by atoms with van der Waals surface area (Å²) in [5.41, 5.74) is 2.10. The lowest BCUT2D eigenvalue weighted by Crippen LogP contribution is -2.34. The number of methoxy groups -OCH3 is 1. The number of unbranched alkanes of at least 4 members (excludes halogenated alkanes) is 1. The number of benzene rings is 1. The second-order valence-electron chi connectivity index (χ2n) is 9.51. The van der Waals surface area contributed by atoms with E-state index in [1.54, 1.807) is 7.11 Å². The molecular weight excluding hydrogens is 500 g/mol. The molecule has 5 heterocycles. The first-order chi connectivity index (χ1) is 17.0. The van der Waals surface area contributed by atoms with Crippen molar-refractivity contribution in [1.82, 2.24) is 19.4 Å². The Morgan fingerprint density at radius 2 is 2.00 bits per heavy atom. The van der Waals surface area contributed by atoms with Gasteiger partial charge in [-0.2, -0.15) is 0 Å². The average Bonchev–Trinajstić information content (AvgIpc) is 3.43. The summed E-state index contributed by atoms with van der Waals surface area (Å²) in [6.45, 7) is 5.95. The molecule has 3 aromatic heterocycles. The molecule has 6 rings (SSSR count). The van der Waals surface area contributed by atoms with Gasteiger partial charge in [0.1, 0.15) is 21.0 Å². The van der Waals surface area contributed by atoms with Crippen LogP contribution in [0.1, 0.15) is 30.0 Å². The number of fused-ring (bicyclic) bond motifs is 6. The first-order valence-electron chi connectivity index (χ1n) is 12.1. The summed E-state index contributed by atoms with van der Waals surface area (Å²) in [4.78, 5) is 36.5. The Bertz CT molecular complexity index is 1530. The summed E-state index contributed by atoms with van der Waals surface area (Å²) in [6.07, 6.45) is 1.68. The highest BCUT2D eigenvalue weighted by atomic mass is 35.5. The predicted molar refractivity (Wildman–Crippen MR) is 144 cm³/mol. The van der Waals surface area contributed by atoms with Gasteiger partial charge in [0.2, 0.25) is 0 Å². The summed E-state index contributed by atoms with van der Waals surface area (Å²) in [6, 6.07) is 9.82. The van der Waals surface area contributed by atoms with Gasteiger partial charge in [-0.3, -0.25) is 9.36 Å². The zero-order valence-corrected chi connectivity index (χ0v) is 21.9. The number of pyridine rings is 1. The van der Waals surface area contributed by atoms with E-state index in [0.717, 1.165) is 66.5 Å². The molecule has 0 spiro atoms. The molecule has 190 valence electrons. The Kier molecular flexibility index (Phi) is 6.80. The van der Waals surface area contributed by atoms with Crippen LogP contribution in [0.2, 0.25) is 0 Å². The Hall–Kier alpha value is -2.88. The van der Waals surface area contributed by atoms with Crippen LogP contribution in [-0.4, -0.2) is 52.8 Å². The van der Waals surface area contributed by atoms with Crippen molar-refractivity contribution in [2.24, 2.45) is 5.92 Å². The molecule has 0 saturated carbocycles. The quantitative estimate of drug-likeness (QED) is 0.381. The van der Waals surface area contributed by atoms with Crippen LogP contribution in [0.4, 0.5) is 0 Å². The number of aromatic nitrogens is 3. The Balaban J connectivity index is 0.00000267. The Labute approximate surface area is 218 Å². The highest BCUT2D eigenvalue weighted by Gasteiger charge is 2.40. The zero-order valence-electron chi connectivity index (χ0n) is 20.3. The third-order valence-corrected chi connectivity index (χ3v) is 8.39. The molecule has 2 atom stereocenters. The second kappa shape index (κ2) is 9.88. The summed E-state index contributed by atoms with van der Waals surface area (Å²) in [5, 5.41) is 0.828. The van der Waals surface area contributed by atoms with Gasteiger partial charge < -0.3 is 19.4 Å². The van der Waals surface area contributed by atoms with Crippen molar-refractivity contribution in [3.8, 4) is 11.5 Å². The molecule has 0 radical (unpaired) electrons. The molecule has 36 heavy (non-hydrogen) atoms. The van der Waals surface area contributed by atoms with Gasteiger partial charge in [0.05, 0.1) is 19.2 Å². The number of nitrogens with one attached hydrogen (secondary N) is 1. The predicted octanol–water partition coefficient (Wildman–Crippen LogP) is 3.93. The largest absolute Gasteiger partial charge is 0.496 e. The summed E-state index contributed by atoms with van der Waals surface area (Å²) < 4.78 is 13.5. The fraction of sp³-hybridized carbons (Fsp3) is 0.423. The molecule has 0 amide bonds. The Morgan fingerprint density at radius 1 is 1.17 bits per heavy atom. The number of hydrogen-bond acceptors (Lipinski definition) is 7. The van der Waals surface area contributed by atoms with Crippen LogP contribution in [0.25, 0.3) is 20.4 Å². The maximum Gasteiger partial charge on any atom is 0.328 e. The van der Waals surface area contributed by atoms with Gasteiger partial charge in [-0.05, 0) is 50.6 Å². The van der Waals surface area contributed by atoms with E-state index < -0.39 is 0 Å². The molecule has 0 bridgehead atoms. The lowest BCUT2D eigenvalue weighted by Gasteiger charge is -2.29. The highest BCUT2D eigenvalue weighted by molar-refractivity contribution is 7.25. The van der Waals surface area contributed by atoms with E-state index in [4.69, 9.17) is 9.47 Å². The van der Waals surface area contributed by atoms with E-state index >= 15 is 0 Å². The zero-order chi connectivity index (χ0) is 24.1. The molecule has 1 saturated heterocycles.